The van der Waals surface area contributed by atoms with Crippen LogP contribution in [0.5, 0.6) is 0 Å². The zero-order valence-electron chi connectivity index (χ0n) is 15.1. The van der Waals surface area contributed by atoms with E-state index in [1.54, 1.807) is 29.7 Å². The van der Waals surface area contributed by atoms with Crippen LogP contribution in [0.2, 0.25) is 0 Å². The Labute approximate surface area is 161 Å². The van der Waals surface area contributed by atoms with Crippen LogP contribution in [0.4, 0.5) is 0 Å². The molecule has 0 unspecified atom stereocenters. The van der Waals surface area contributed by atoms with E-state index in [-0.39, 0.29) is 19.7 Å². The van der Waals surface area contributed by atoms with Crippen LogP contribution in [0.3, 0.4) is 0 Å². The Balaban J connectivity index is 2.49. The summed E-state index contributed by atoms with van der Waals surface area (Å²) in [5.74, 6) is 1.44. The van der Waals surface area contributed by atoms with E-state index in [2.05, 4.69) is 10.9 Å². The van der Waals surface area contributed by atoms with Crippen molar-refractivity contribution in [3.63, 3.8) is 0 Å². The maximum Gasteiger partial charge on any atom is 0.338 e. The Bertz CT molecular complexity index is 1090. The number of benzene rings is 1. The first-order valence-corrected chi connectivity index (χ1v) is 10.6. The molecule has 1 amide bonds. The number of terminal acetylenes is 1. The van der Waals surface area contributed by atoms with Crippen LogP contribution in [0.25, 0.3) is 10.2 Å². The number of nitrogens with zero attached hydrogens (tertiary/aromatic N) is 3. The highest BCUT2D eigenvalue weighted by Gasteiger charge is 2.16. The highest BCUT2D eigenvalue weighted by atomic mass is 32.2. The van der Waals surface area contributed by atoms with Gasteiger partial charge in [-0.1, -0.05) is 17.3 Å². The normalized spacial score (nSPS) is 12.3. The van der Waals surface area contributed by atoms with Gasteiger partial charge >= 0.3 is 5.97 Å². The van der Waals surface area contributed by atoms with Crippen molar-refractivity contribution in [2.45, 2.75) is 13.5 Å². The number of esters is 1. The molecule has 0 fully saturated rings. The third-order valence-corrected chi connectivity index (χ3v) is 5.89. The molecule has 0 spiro atoms. The summed E-state index contributed by atoms with van der Waals surface area (Å²) in [7, 11) is -2.19. The fraction of sp³-hybridized carbons (Fsp3) is 0.353. The van der Waals surface area contributed by atoms with Crippen molar-refractivity contribution in [3.8, 4) is 12.3 Å². The van der Waals surface area contributed by atoms with Crippen molar-refractivity contribution >= 4 is 43.5 Å². The zero-order chi connectivity index (χ0) is 20.2. The van der Waals surface area contributed by atoms with E-state index in [0.717, 1.165) is 10.6 Å². The summed E-state index contributed by atoms with van der Waals surface area (Å²) in [5, 5.41) is 0. The number of sulfonamides is 1. The molecule has 2 aromatic rings. The third-order valence-electron chi connectivity index (χ3n) is 3.59. The van der Waals surface area contributed by atoms with Crippen LogP contribution >= 0.6 is 11.3 Å². The second kappa shape index (κ2) is 8.47. The number of amides is 1. The van der Waals surface area contributed by atoms with E-state index in [1.807, 2.05) is 0 Å². The first kappa shape index (κ1) is 20.8. The van der Waals surface area contributed by atoms with E-state index < -0.39 is 21.9 Å². The summed E-state index contributed by atoms with van der Waals surface area (Å²) in [5.41, 5.74) is 1.10. The average molecular weight is 409 g/mol. The van der Waals surface area contributed by atoms with Crippen molar-refractivity contribution < 1.29 is 22.7 Å². The van der Waals surface area contributed by atoms with Gasteiger partial charge in [-0.3, -0.25) is 4.79 Å². The molecule has 0 aliphatic rings. The maximum absolute atomic E-state index is 12.2. The largest absolute Gasteiger partial charge is 0.462 e. The minimum atomic E-state index is -3.49. The van der Waals surface area contributed by atoms with Gasteiger partial charge in [-0.25, -0.2) is 13.2 Å². The third kappa shape index (κ3) is 5.03. The summed E-state index contributed by atoms with van der Waals surface area (Å²) < 4.78 is 31.2. The number of carbonyl (C=O) groups excluding carboxylic acids is 2. The Morgan fingerprint density at radius 2 is 2.11 bits per heavy atom. The van der Waals surface area contributed by atoms with E-state index in [9.17, 15) is 18.0 Å². The van der Waals surface area contributed by atoms with Crippen molar-refractivity contribution in [1.29, 1.82) is 0 Å². The van der Waals surface area contributed by atoms with Gasteiger partial charge in [-0.15, -0.1) is 6.42 Å². The minimum absolute atomic E-state index is 0.173. The van der Waals surface area contributed by atoms with Crippen molar-refractivity contribution in [2.24, 2.45) is 4.99 Å². The molecule has 1 aromatic heterocycles. The van der Waals surface area contributed by atoms with Crippen LogP contribution in [0.15, 0.2) is 23.2 Å². The topological polar surface area (TPSA) is 98.0 Å². The molecule has 0 saturated heterocycles. The monoisotopic (exact) mass is 409 g/mol. The molecule has 0 saturated carbocycles. The van der Waals surface area contributed by atoms with Gasteiger partial charge < -0.3 is 9.30 Å². The van der Waals surface area contributed by atoms with E-state index in [1.165, 1.54) is 18.4 Å². The lowest BCUT2D eigenvalue weighted by atomic mass is 10.2. The summed E-state index contributed by atoms with van der Waals surface area (Å²) in [6.45, 7) is 1.78. The number of fused-ring (bicyclic) bond motifs is 1. The molecule has 27 heavy (non-hydrogen) atoms. The Hall–Kier alpha value is -2.48. The smallest absolute Gasteiger partial charge is 0.338 e. The van der Waals surface area contributed by atoms with E-state index >= 15 is 0 Å². The van der Waals surface area contributed by atoms with Crippen LogP contribution in [-0.2, 0) is 26.1 Å². The van der Waals surface area contributed by atoms with Crippen LogP contribution < -0.4 is 4.80 Å². The molecule has 0 aliphatic carbocycles. The highest BCUT2D eigenvalue weighted by molar-refractivity contribution is 7.88. The van der Waals surface area contributed by atoms with Gasteiger partial charge in [-0.2, -0.15) is 9.30 Å². The second-order valence-electron chi connectivity index (χ2n) is 5.60. The van der Waals surface area contributed by atoms with Gasteiger partial charge in [0.25, 0.3) is 5.91 Å². The van der Waals surface area contributed by atoms with Crippen LogP contribution in [0.1, 0.15) is 17.3 Å². The Morgan fingerprint density at radius 3 is 2.70 bits per heavy atom. The Morgan fingerprint density at radius 1 is 1.41 bits per heavy atom. The molecule has 0 N–H and O–H groups in total. The number of carbonyl (C=O) groups is 2. The highest BCUT2D eigenvalue weighted by Crippen LogP contribution is 2.20. The summed E-state index contributed by atoms with van der Waals surface area (Å²) >= 11 is 1.18. The Kier molecular flexibility index (Phi) is 6.54. The predicted molar refractivity (Wildman–Crippen MR) is 103 cm³/mol. The van der Waals surface area contributed by atoms with Crippen LogP contribution in [-0.4, -0.2) is 55.6 Å². The number of rotatable bonds is 6. The molecule has 1 heterocycles. The molecule has 0 atom stereocenters. The molecule has 2 rings (SSSR count). The first-order chi connectivity index (χ1) is 12.7. The fourth-order valence-electron chi connectivity index (χ4n) is 2.19. The van der Waals surface area contributed by atoms with E-state index in [4.69, 9.17) is 11.2 Å². The number of hydrogen-bond donors (Lipinski definition) is 0. The molecule has 8 nitrogen and oxygen atoms in total. The summed E-state index contributed by atoms with van der Waals surface area (Å²) in [6, 6.07) is 4.97. The number of thiazole rings is 1. The van der Waals surface area contributed by atoms with Gasteiger partial charge in [0.1, 0.15) is 0 Å². The molecule has 144 valence electrons. The number of aromatic nitrogens is 1. The molecule has 0 bridgehead atoms. The van der Waals surface area contributed by atoms with Gasteiger partial charge in [0.05, 0.1) is 41.7 Å². The zero-order valence-corrected chi connectivity index (χ0v) is 16.8. The standard InChI is InChI=1S/C17H19N3O5S2/c1-5-9-20-13-8-7-12(16(22)25-6-2)10-14(13)26-17(20)18-15(21)11-19(3)27(4,23)24/h1,7-8,10H,6,9,11H2,2-4H3. The van der Waals surface area contributed by atoms with Crippen molar-refractivity contribution in [1.82, 2.24) is 8.87 Å². The number of hydrogen-bond acceptors (Lipinski definition) is 6. The van der Waals surface area contributed by atoms with Crippen LogP contribution in [0, 0.1) is 12.3 Å². The lowest BCUT2D eigenvalue weighted by Gasteiger charge is -2.10. The molecular formula is C17H19N3O5S2. The van der Waals surface area contributed by atoms with Gasteiger partial charge in [-0.05, 0) is 25.1 Å². The molecule has 10 heteroatoms. The minimum Gasteiger partial charge on any atom is -0.462 e. The van der Waals surface area contributed by atoms with Gasteiger partial charge in [0, 0.05) is 7.05 Å². The van der Waals surface area contributed by atoms with Gasteiger partial charge in [0.2, 0.25) is 10.0 Å². The molecule has 1 aromatic carbocycles. The predicted octanol–water partition coefficient (Wildman–Crippen LogP) is 0.831. The SMILES string of the molecule is C#CCn1c(=NC(=O)CN(C)S(C)(=O)=O)sc2cc(C(=O)OCC)ccc21. The van der Waals surface area contributed by atoms with Crippen molar-refractivity contribution in [3.05, 3.63) is 28.6 Å². The quantitative estimate of drug-likeness (QED) is 0.520. The maximum atomic E-state index is 12.2. The van der Waals surface area contributed by atoms with E-state index in [0.29, 0.717) is 20.6 Å². The van der Waals surface area contributed by atoms with Crippen molar-refractivity contribution in [2.75, 3.05) is 26.5 Å². The second-order valence-corrected chi connectivity index (χ2v) is 8.70. The number of likely N-dealkylation sites (N-methyl/N-ethyl adjacent to an activating group) is 1. The number of ether oxygens (including phenoxy) is 1. The summed E-state index contributed by atoms with van der Waals surface area (Å²) in [6.07, 6.45) is 6.42. The fourth-order valence-corrected chi connectivity index (χ4v) is 3.62. The molecule has 0 radical (unpaired) electrons. The average Bonchev–Trinajstić information content (AvgIpc) is 2.91. The molecular weight excluding hydrogens is 390 g/mol. The lowest BCUT2D eigenvalue weighted by Crippen LogP contribution is -2.31. The first-order valence-electron chi connectivity index (χ1n) is 7.90. The van der Waals surface area contributed by atoms with Gasteiger partial charge in [0.15, 0.2) is 4.80 Å². The lowest BCUT2D eigenvalue weighted by molar-refractivity contribution is -0.118. The molecule has 0 aliphatic heterocycles. The summed E-state index contributed by atoms with van der Waals surface area (Å²) in [4.78, 5) is 28.4.